The number of nitro groups is 1. The molecule has 2 aromatic carbocycles. The third-order valence-electron chi connectivity index (χ3n) is 6.57. The number of aliphatic hydroxyl groups excluding tert-OH is 1. The topological polar surface area (TPSA) is 167 Å². The Bertz CT molecular complexity index is 1280. The van der Waals surface area contributed by atoms with E-state index in [9.17, 15) is 28.4 Å². The summed E-state index contributed by atoms with van der Waals surface area (Å²) in [6, 6.07) is 12.6. The van der Waals surface area contributed by atoms with Crippen molar-refractivity contribution < 1.29 is 42.3 Å². The van der Waals surface area contributed by atoms with E-state index in [-0.39, 0.29) is 23.8 Å². The molecule has 13 nitrogen and oxygen atoms in total. The summed E-state index contributed by atoms with van der Waals surface area (Å²) in [6.45, 7) is 3.32. The highest BCUT2D eigenvalue weighted by atomic mass is 32.2. The number of non-ortho nitro benzene ring substituents is 1. The molecule has 4 rings (SSSR count). The van der Waals surface area contributed by atoms with Crippen LogP contribution in [0.2, 0.25) is 0 Å². The fourth-order valence-electron chi connectivity index (χ4n) is 4.61. The monoisotopic (exact) mass is 579 g/mol. The molecule has 1 amide bonds. The molecular weight excluding hydrogens is 546 g/mol. The highest BCUT2D eigenvalue weighted by molar-refractivity contribution is 7.89. The highest BCUT2D eigenvalue weighted by Gasteiger charge is 2.44. The van der Waals surface area contributed by atoms with Crippen LogP contribution in [0.15, 0.2) is 59.5 Å². The Morgan fingerprint density at radius 1 is 1.20 bits per heavy atom. The minimum Gasteiger partial charge on any atom is -0.443 e. The van der Waals surface area contributed by atoms with Gasteiger partial charge in [-0.25, -0.2) is 13.2 Å². The number of benzene rings is 2. The quantitative estimate of drug-likeness (QED) is 0.281. The molecule has 218 valence electrons. The van der Waals surface area contributed by atoms with Crippen molar-refractivity contribution in [2.45, 2.75) is 62.2 Å². The Labute approximate surface area is 232 Å². The van der Waals surface area contributed by atoms with Gasteiger partial charge in [-0.15, -0.1) is 0 Å². The lowest BCUT2D eigenvalue weighted by atomic mass is 10.0. The number of rotatable bonds is 12. The van der Waals surface area contributed by atoms with Crippen molar-refractivity contribution in [1.29, 1.82) is 0 Å². The lowest BCUT2D eigenvalue weighted by molar-refractivity contribution is -0.385. The molecular formula is C26H33N3O10S. The third kappa shape index (κ3) is 7.33. The maximum atomic E-state index is 13.4. The summed E-state index contributed by atoms with van der Waals surface area (Å²) in [7, 11) is -4.44. The molecule has 2 aliphatic rings. The fraction of sp³-hybridized carbons (Fsp3) is 0.500. The van der Waals surface area contributed by atoms with Crippen molar-refractivity contribution in [3.8, 4) is 0 Å². The maximum Gasteiger partial charge on any atom is 0.407 e. The number of hydrogen-bond acceptors (Lipinski definition) is 10. The number of amides is 1. The number of carbonyl (C=O) groups is 1. The molecule has 0 spiro atoms. The molecule has 2 aliphatic heterocycles. The van der Waals surface area contributed by atoms with Crippen LogP contribution in [0.3, 0.4) is 0 Å². The summed E-state index contributed by atoms with van der Waals surface area (Å²) >= 11 is 0. The van der Waals surface area contributed by atoms with Crippen LogP contribution in [0.4, 0.5) is 10.5 Å². The molecule has 2 N–H and O–H groups in total. The minimum absolute atomic E-state index is 0.0850. The molecule has 0 aliphatic carbocycles. The van der Waals surface area contributed by atoms with Crippen LogP contribution in [-0.2, 0) is 35.5 Å². The third-order valence-corrected chi connectivity index (χ3v) is 8.19. The molecule has 2 saturated heterocycles. The number of carbonyl (C=O) groups excluding carboxylic acids is 1. The van der Waals surface area contributed by atoms with E-state index in [0.717, 1.165) is 11.6 Å². The van der Waals surface area contributed by atoms with Gasteiger partial charge in [0, 0.05) is 12.1 Å². The second kappa shape index (κ2) is 13.0. The first-order valence-corrected chi connectivity index (χ1v) is 14.3. The average molecular weight is 580 g/mol. The van der Waals surface area contributed by atoms with Gasteiger partial charge in [-0.2, -0.15) is 0 Å². The number of aliphatic hydroxyl groups is 1. The Kier molecular flexibility index (Phi) is 9.71. The van der Waals surface area contributed by atoms with E-state index in [1.807, 2.05) is 6.07 Å². The van der Waals surface area contributed by atoms with E-state index in [1.165, 1.54) is 18.2 Å². The molecule has 0 unspecified atom stereocenters. The summed E-state index contributed by atoms with van der Waals surface area (Å²) in [5, 5.41) is 25.1. The lowest BCUT2D eigenvalue weighted by Gasteiger charge is -2.30. The number of ether oxygens (including phenoxy) is 3. The van der Waals surface area contributed by atoms with Gasteiger partial charge in [0.25, 0.3) is 15.7 Å². The molecule has 5 atom stereocenters. The van der Waals surface area contributed by atoms with Gasteiger partial charge in [0.1, 0.15) is 6.10 Å². The molecule has 2 aromatic rings. The van der Waals surface area contributed by atoms with E-state index in [1.54, 1.807) is 38.1 Å². The average Bonchev–Trinajstić information content (AvgIpc) is 3.53. The fourth-order valence-corrected chi connectivity index (χ4v) is 6.00. The Hall–Kier alpha value is -3.14. The normalized spacial score (nSPS) is 22.2. The summed E-state index contributed by atoms with van der Waals surface area (Å²) in [5.41, 5.74) is 0.362. The van der Waals surface area contributed by atoms with Crippen LogP contribution in [0.1, 0.15) is 25.8 Å². The van der Waals surface area contributed by atoms with Crippen molar-refractivity contribution in [1.82, 2.24) is 9.79 Å². The number of sulfonamides is 1. The Morgan fingerprint density at radius 3 is 2.65 bits per heavy atom. The van der Waals surface area contributed by atoms with Crippen molar-refractivity contribution in [3.05, 3.63) is 70.3 Å². The standard InChI is InChI=1S/C26H33N3O10S/c1-17(2)39-28(40(34,35)20-10-6-9-19(14-20)29(32)33)15-23(30)22(13-18-7-4-3-5-8-18)27-26(31)38-24-16-37-25-21(24)11-12-36-25/h3-10,14,17,21-25,30H,11-13,15-16H2,1-2H3,(H,27,31)/t21-,22-,23+,24-,25+/m0/s1. The van der Waals surface area contributed by atoms with Gasteiger partial charge in [-0.3, -0.25) is 15.0 Å². The molecule has 2 heterocycles. The van der Waals surface area contributed by atoms with Crippen LogP contribution >= 0.6 is 0 Å². The van der Waals surface area contributed by atoms with Crippen LogP contribution in [-0.4, -0.2) is 79.4 Å². The predicted molar refractivity (Wildman–Crippen MR) is 140 cm³/mol. The van der Waals surface area contributed by atoms with Crippen molar-refractivity contribution in [2.75, 3.05) is 19.8 Å². The molecule has 0 saturated carbocycles. The zero-order chi connectivity index (χ0) is 28.9. The predicted octanol–water partition coefficient (Wildman–Crippen LogP) is 2.39. The van der Waals surface area contributed by atoms with E-state index in [0.29, 0.717) is 17.5 Å². The number of hydroxylamine groups is 1. The van der Waals surface area contributed by atoms with Crippen LogP contribution in [0.25, 0.3) is 0 Å². The van der Waals surface area contributed by atoms with E-state index >= 15 is 0 Å². The van der Waals surface area contributed by atoms with Crippen molar-refractivity contribution in [3.63, 3.8) is 0 Å². The van der Waals surface area contributed by atoms with E-state index in [2.05, 4.69) is 5.32 Å². The van der Waals surface area contributed by atoms with Crippen LogP contribution in [0, 0.1) is 16.0 Å². The molecule has 0 bridgehead atoms. The van der Waals surface area contributed by atoms with Crippen molar-refractivity contribution >= 4 is 21.8 Å². The largest absolute Gasteiger partial charge is 0.443 e. The second-order valence-corrected chi connectivity index (χ2v) is 11.7. The molecule has 2 fully saturated rings. The number of alkyl carbamates (subject to hydrolysis) is 1. The van der Waals surface area contributed by atoms with Gasteiger partial charge in [-0.05, 0) is 38.3 Å². The molecule has 14 heteroatoms. The van der Waals surface area contributed by atoms with Gasteiger partial charge >= 0.3 is 6.09 Å². The number of nitrogens with one attached hydrogen (secondary N) is 1. The highest BCUT2D eigenvalue weighted by Crippen LogP contribution is 2.33. The van der Waals surface area contributed by atoms with Crippen LogP contribution in [0.5, 0.6) is 0 Å². The van der Waals surface area contributed by atoms with E-state index < -0.39 is 63.9 Å². The zero-order valence-corrected chi connectivity index (χ0v) is 22.9. The first kappa shape index (κ1) is 29.8. The smallest absolute Gasteiger partial charge is 0.407 e. The van der Waals surface area contributed by atoms with Gasteiger partial charge in [0.15, 0.2) is 6.29 Å². The van der Waals surface area contributed by atoms with Gasteiger partial charge in [-0.1, -0.05) is 40.9 Å². The Morgan fingerprint density at radius 2 is 1.95 bits per heavy atom. The number of nitro benzene ring substituents is 1. The summed E-state index contributed by atoms with van der Waals surface area (Å²) in [5.74, 6) is -0.0850. The summed E-state index contributed by atoms with van der Waals surface area (Å²) in [4.78, 5) is 28.6. The first-order valence-electron chi connectivity index (χ1n) is 12.9. The van der Waals surface area contributed by atoms with Crippen LogP contribution < -0.4 is 5.32 Å². The molecule has 0 aromatic heterocycles. The van der Waals surface area contributed by atoms with Gasteiger partial charge in [0.2, 0.25) is 0 Å². The first-order chi connectivity index (χ1) is 19.0. The number of fused-ring (bicyclic) bond motifs is 1. The Balaban J connectivity index is 1.53. The number of nitrogens with zero attached hydrogens (tertiary/aromatic N) is 2. The van der Waals surface area contributed by atoms with Gasteiger partial charge < -0.3 is 24.6 Å². The number of hydrogen-bond donors (Lipinski definition) is 2. The van der Waals surface area contributed by atoms with Gasteiger partial charge in [0.05, 0.1) is 53.7 Å². The lowest BCUT2D eigenvalue weighted by Crippen LogP contribution is -2.51. The zero-order valence-electron chi connectivity index (χ0n) is 22.1. The minimum atomic E-state index is -4.44. The SMILES string of the molecule is CC(C)ON(C[C@@H](O)[C@H](Cc1ccccc1)NC(=O)O[C@H]1CO[C@H]2OCC[C@H]21)S(=O)(=O)c1cccc([N+](=O)[O-])c1. The van der Waals surface area contributed by atoms with E-state index in [4.69, 9.17) is 19.0 Å². The second-order valence-electron chi connectivity index (χ2n) is 9.88. The summed E-state index contributed by atoms with van der Waals surface area (Å²) < 4.78 is 44.1. The summed E-state index contributed by atoms with van der Waals surface area (Å²) in [6.07, 6.45) is -2.95. The molecule has 0 radical (unpaired) electrons. The van der Waals surface area contributed by atoms with Crippen molar-refractivity contribution in [2.24, 2.45) is 5.92 Å². The maximum absolute atomic E-state index is 13.4. The molecule has 40 heavy (non-hydrogen) atoms.